The van der Waals surface area contributed by atoms with E-state index in [1.807, 2.05) is 50.2 Å². The van der Waals surface area contributed by atoms with Gasteiger partial charge in [-0.05, 0) is 58.7 Å². The van der Waals surface area contributed by atoms with Crippen molar-refractivity contribution in [2.45, 2.75) is 26.1 Å². The summed E-state index contributed by atoms with van der Waals surface area (Å²) in [6, 6.07) is 21.1. The number of tetrazole rings is 1. The summed E-state index contributed by atoms with van der Waals surface area (Å²) in [5.74, 6) is 0.504. The SMILES string of the molecule is Cc1cccc(C)c1-n1nnnc1[C@@H](c1cccc(C(F)(F)F)c1)N1CCN(C/C=C/c2ccccc2)CC1. The number of hydrogen-bond donors (Lipinski definition) is 0. The number of halogens is 3. The highest BCUT2D eigenvalue weighted by molar-refractivity contribution is 5.49. The summed E-state index contributed by atoms with van der Waals surface area (Å²) >= 11 is 0. The van der Waals surface area contributed by atoms with Gasteiger partial charge in [0.1, 0.15) is 0 Å². The Morgan fingerprint density at radius 2 is 1.56 bits per heavy atom. The molecule has 0 bridgehead atoms. The quantitative estimate of drug-likeness (QED) is 0.305. The molecule has 39 heavy (non-hydrogen) atoms. The van der Waals surface area contributed by atoms with Crippen LogP contribution in [0.2, 0.25) is 0 Å². The van der Waals surface area contributed by atoms with E-state index in [1.165, 1.54) is 12.1 Å². The summed E-state index contributed by atoms with van der Waals surface area (Å²) in [4.78, 5) is 4.52. The average Bonchev–Trinajstić information content (AvgIpc) is 3.39. The van der Waals surface area contributed by atoms with Gasteiger partial charge in [0.05, 0.1) is 17.3 Å². The molecular weight excluding hydrogens is 501 g/mol. The van der Waals surface area contributed by atoms with Crippen LogP contribution in [0, 0.1) is 13.8 Å². The normalized spacial score (nSPS) is 16.1. The van der Waals surface area contributed by atoms with Crippen molar-refractivity contribution in [2.24, 2.45) is 0 Å². The van der Waals surface area contributed by atoms with Crippen molar-refractivity contribution in [3.63, 3.8) is 0 Å². The third kappa shape index (κ3) is 6.10. The third-order valence-electron chi connectivity index (χ3n) is 7.16. The summed E-state index contributed by atoms with van der Waals surface area (Å²) in [7, 11) is 0. The molecule has 0 aliphatic carbocycles. The van der Waals surface area contributed by atoms with E-state index in [0.29, 0.717) is 24.5 Å². The van der Waals surface area contributed by atoms with Crippen LogP contribution < -0.4 is 0 Å². The molecule has 5 rings (SSSR count). The standard InChI is InChI=1S/C30H31F3N6/c1-22-9-6-10-23(2)27(22)39-29(34-35-36-39)28(25-14-7-15-26(21-25)30(31,32)33)38-19-17-37(18-20-38)16-8-13-24-11-4-3-5-12-24/h3-15,21,28H,16-20H2,1-2H3/b13-8+/t28-/m1/s1. The van der Waals surface area contributed by atoms with E-state index < -0.39 is 17.8 Å². The number of alkyl halides is 3. The molecule has 0 radical (unpaired) electrons. The van der Waals surface area contributed by atoms with Crippen LogP contribution in [0.25, 0.3) is 11.8 Å². The van der Waals surface area contributed by atoms with Gasteiger partial charge in [0, 0.05) is 32.7 Å². The smallest absolute Gasteiger partial charge is 0.297 e. The first-order chi connectivity index (χ1) is 18.8. The summed E-state index contributed by atoms with van der Waals surface area (Å²) in [6.07, 6.45) is -0.184. The van der Waals surface area contributed by atoms with E-state index in [2.05, 4.69) is 49.6 Å². The fourth-order valence-electron chi connectivity index (χ4n) is 5.18. The maximum Gasteiger partial charge on any atom is 0.416 e. The van der Waals surface area contributed by atoms with E-state index in [4.69, 9.17) is 0 Å². The molecular formula is C30H31F3N6. The lowest BCUT2D eigenvalue weighted by molar-refractivity contribution is -0.137. The zero-order chi connectivity index (χ0) is 27.4. The molecule has 3 aromatic carbocycles. The second-order valence-electron chi connectivity index (χ2n) is 9.86. The Labute approximate surface area is 226 Å². The summed E-state index contributed by atoms with van der Waals surface area (Å²) in [5.41, 5.74) is 3.81. The van der Waals surface area contributed by atoms with Crippen LogP contribution in [0.4, 0.5) is 13.2 Å². The Hall–Kier alpha value is -3.82. The third-order valence-corrected chi connectivity index (χ3v) is 7.16. The molecule has 1 aliphatic rings. The van der Waals surface area contributed by atoms with Crippen molar-refractivity contribution in [2.75, 3.05) is 32.7 Å². The molecule has 4 aromatic rings. The predicted molar refractivity (Wildman–Crippen MR) is 145 cm³/mol. The molecule has 202 valence electrons. The lowest BCUT2D eigenvalue weighted by Gasteiger charge is -2.38. The van der Waals surface area contributed by atoms with Gasteiger partial charge in [-0.25, -0.2) is 0 Å². The molecule has 1 saturated heterocycles. The Morgan fingerprint density at radius 1 is 0.872 bits per heavy atom. The van der Waals surface area contributed by atoms with Crippen molar-refractivity contribution in [1.29, 1.82) is 0 Å². The topological polar surface area (TPSA) is 50.1 Å². The zero-order valence-electron chi connectivity index (χ0n) is 22.0. The van der Waals surface area contributed by atoms with Gasteiger partial charge >= 0.3 is 6.18 Å². The summed E-state index contributed by atoms with van der Waals surface area (Å²) in [6.45, 7) is 7.65. The van der Waals surface area contributed by atoms with E-state index in [-0.39, 0.29) is 0 Å². The van der Waals surface area contributed by atoms with Crippen LogP contribution in [-0.4, -0.2) is 62.7 Å². The molecule has 1 fully saturated rings. The molecule has 0 N–H and O–H groups in total. The van der Waals surface area contributed by atoms with E-state index >= 15 is 0 Å². The number of benzene rings is 3. The number of rotatable bonds is 7. The van der Waals surface area contributed by atoms with Gasteiger partial charge in [-0.2, -0.15) is 17.9 Å². The van der Waals surface area contributed by atoms with Crippen LogP contribution in [0.15, 0.2) is 78.9 Å². The molecule has 0 spiro atoms. The number of nitrogens with zero attached hydrogens (tertiary/aromatic N) is 6. The first-order valence-electron chi connectivity index (χ1n) is 13.0. The van der Waals surface area contributed by atoms with Gasteiger partial charge in [-0.3, -0.25) is 9.80 Å². The second kappa shape index (κ2) is 11.5. The number of hydrogen-bond acceptors (Lipinski definition) is 5. The van der Waals surface area contributed by atoms with Crippen molar-refractivity contribution in [3.8, 4) is 5.69 Å². The van der Waals surface area contributed by atoms with E-state index in [0.717, 1.165) is 48.1 Å². The molecule has 0 amide bonds. The van der Waals surface area contributed by atoms with Crippen LogP contribution in [0.5, 0.6) is 0 Å². The summed E-state index contributed by atoms with van der Waals surface area (Å²) in [5, 5.41) is 12.6. The number of aryl methyl sites for hydroxylation is 2. The molecule has 1 aromatic heterocycles. The van der Waals surface area contributed by atoms with E-state index in [9.17, 15) is 13.2 Å². The lowest BCUT2D eigenvalue weighted by atomic mass is 10.00. The highest BCUT2D eigenvalue weighted by atomic mass is 19.4. The van der Waals surface area contributed by atoms with Gasteiger partial charge < -0.3 is 0 Å². The predicted octanol–water partition coefficient (Wildman–Crippen LogP) is 5.72. The van der Waals surface area contributed by atoms with Crippen molar-refractivity contribution >= 4 is 6.08 Å². The number of aromatic nitrogens is 4. The molecule has 0 saturated carbocycles. The Morgan fingerprint density at radius 3 is 2.26 bits per heavy atom. The zero-order valence-corrected chi connectivity index (χ0v) is 22.0. The highest BCUT2D eigenvalue weighted by Gasteiger charge is 2.35. The van der Waals surface area contributed by atoms with Crippen molar-refractivity contribution in [1.82, 2.24) is 30.0 Å². The molecule has 1 aliphatic heterocycles. The minimum Gasteiger partial charge on any atom is -0.297 e. The molecule has 6 nitrogen and oxygen atoms in total. The maximum absolute atomic E-state index is 13.7. The monoisotopic (exact) mass is 532 g/mol. The van der Waals surface area contributed by atoms with Crippen LogP contribution >= 0.6 is 0 Å². The minimum atomic E-state index is -4.44. The van der Waals surface area contributed by atoms with Gasteiger partial charge in [-0.15, -0.1) is 5.10 Å². The Bertz CT molecular complexity index is 1400. The van der Waals surface area contributed by atoms with Crippen LogP contribution in [0.3, 0.4) is 0 Å². The second-order valence-corrected chi connectivity index (χ2v) is 9.86. The van der Waals surface area contributed by atoms with E-state index in [1.54, 1.807) is 10.7 Å². The van der Waals surface area contributed by atoms with Gasteiger partial charge in [0.2, 0.25) is 0 Å². The van der Waals surface area contributed by atoms with Crippen LogP contribution in [0.1, 0.15) is 39.7 Å². The first kappa shape index (κ1) is 26.8. The molecule has 2 heterocycles. The number of para-hydroxylation sites is 1. The Balaban J connectivity index is 1.44. The first-order valence-corrected chi connectivity index (χ1v) is 13.0. The Kier molecular flexibility index (Phi) is 7.90. The van der Waals surface area contributed by atoms with Gasteiger partial charge in [0.25, 0.3) is 0 Å². The summed E-state index contributed by atoms with van der Waals surface area (Å²) < 4.78 is 42.7. The molecule has 1 atom stereocenters. The highest BCUT2D eigenvalue weighted by Crippen LogP contribution is 2.35. The molecule has 9 heteroatoms. The minimum absolute atomic E-state index is 0.504. The van der Waals surface area contributed by atoms with Gasteiger partial charge in [0.15, 0.2) is 5.82 Å². The molecule has 0 unspecified atom stereocenters. The maximum atomic E-state index is 13.7. The average molecular weight is 533 g/mol. The fraction of sp³-hybridized carbons (Fsp3) is 0.300. The lowest BCUT2D eigenvalue weighted by Crippen LogP contribution is -2.48. The fourth-order valence-corrected chi connectivity index (χ4v) is 5.18. The van der Waals surface area contributed by atoms with Gasteiger partial charge in [-0.1, -0.05) is 72.8 Å². The van der Waals surface area contributed by atoms with Crippen LogP contribution in [-0.2, 0) is 6.18 Å². The van der Waals surface area contributed by atoms with Crippen molar-refractivity contribution in [3.05, 3.63) is 113 Å². The number of piperazine rings is 1. The largest absolute Gasteiger partial charge is 0.416 e. The van der Waals surface area contributed by atoms with Crippen molar-refractivity contribution < 1.29 is 13.2 Å².